The summed E-state index contributed by atoms with van der Waals surface area (Å²) in [6, 6.07) is 1.54. The highest BCUT2D eigenvalue weighted by Gasteiger charge is 2.21. The molecule has 0 bridgehead atoms. The molecule has 2 amide bonds. The molecular weight excluding hydrogens is 258 g/mol. The van der Waals surface area contributed by atoms with Crippen molar-refractivity contribution in [2.45, 2.75) is 25.9 Å². The number of amides is 2. The number of rotatable bonds is 7. The van der Waals surface area contributed by atoms with Crippen molar-refractivity contribution in [2.75, 3.05) is 27.2 Å². The average molecular weight is 281 g/mol. The Hall–Kier alpha value is -1.89. The predicted molar refractivity (Wildman–Crippen MR) is 76.1 cm³/mol. The Morgan fingerprint density at radius 3 is 2.65 bits per heavy atom. The second kappa shape index (κ2) is 7.64. The highest BCUT2D eigenvalue weighted by Crippen LogP contribution is 2.06. The highest BCUT2D eigenvalue weighted by atomic mass is 16.2. The molecule has 1 rings (SSSR count). The zero-order valence-electron chi connectivity index (χ0n) is 12.5. The molecule has 0 aromatic carbocycles. The quantitative estimate of drug-likeness (QED) is 0.714. The lowest BCUT2D eigenvalue weighted by Crippen LogP contribution is -2.44. The third-order valence-corrected chi connectivity index (χ3v) is 3.13. The van der Waals surface area contributed by atoms with Gasteiger partial charge in [0.25, 0.3) is 0 Å². The number of carbonyl (C=O) groups is 2. The summed E-state index contributed by atoms with van der Waals surface area (Å²) < 4.78 is 1.57. The van der Waals surface area contributed by atoms with Gasteiger partial charge in [-0.1, -0.05) is 0 Å². The van der Waals surface area contributed by atoms with E-state index in [1.54, 1.807) is 37.1 Å². The summed E-state index contributed by atoms with van der Waals surface area (Å²) in [7, 11) is 3.45. The lowest BCUT2D eigenvalue weighted by molar-refractivity contribution is -0.137. The van der Waals surface area contributed by atoms with Crippen LogP contribution in [0.4, 0.5) is 0 Å². The van der Waals surface area contributed by atoms with Crippen LogP contribution in [0.15, 0.2) is 18.5 Å². The van der Waals surface area contributed by atoms with E-state index in [2.05, 4.69) is 15.7 Å². The zero-order valence-corrected chi connectivity index (χ0v) is 12.5. The van der Waals surface area contributed by atoms with Crippen LogP contribution in [0, 0.1) is 0 Å². The number of nitrogens with one attached hydrogen (secondary N) is 2. The molecule has 0 aliphatic heterocycles. The maximum atomic E-state index is 12.1. The largest absolute Gasteiger partial charge is 0.353 e. The molecule has 2 unspecified atom stereocenters. The van der Waals surface area contributed by atoms with Crippen molar-refractivity contribution in [1.29, 1.82) is 0 Å². The minimum atomic E-state index is -0.418. The lowest BCUT2D eigenvalue weighted by atomic mass is 10.3. The molecule has 1 heterocycles. The van der Waals surface area contributed by atoms with E-state index in [9.17, 15) is 9.59 Å². The topological polar surface area (TPSA) is 79.3 Å². The summed E-state index contributed by atoms with van der Waals surface area (Å²) >= 11 is 0. The number of hydrogen-bond donors (Lipinski definition) is 2. The molecule has 0 aliphatic rings. The van der Waals surface area contributed by atoms with Gasteiger partial charge in [0.2, 0.25) is 11.8 Å². The fourth-order valence-electron chi connectivity index (χ4n) is 1.66. The van der Waals surface area contributed by atoms with Gasteiger partial charge in [0.15, 0.2) is 0 Å². The van der Waals surface area contributed by atoms with E-state index >= 15 is 0 Å². The van der Waals surface area contributed by atoms with Crippen LogP contribution in [0.1, 0.15) is 19.9 Å². The van der Waals surface area contributed by atoms with E-state index in [1.165, 1.54) is 4.90 Å². The van der Waals surface area contributed by atoms with E-state index < -0.39 is 6.04 Å². The summed E-state index contributed by atoms with van der Waals surface area (Å²) in [6.45, 7) is 4.30. The summed E-state index contributed by atoms with van der Waals surface area (Å²) in [4.78, 5) is 25.3. The Bertz CT molecular complexity index is 432. The van der Waals surface area contributed by atoms with Crippen LogP contribution in [0.25, 0.3) is 0 Å². The minimum Gasteiger partial charge on any atom is -0.353 e. The second-order valence-electron chi connectivity index (χ2n) is 4.85. The second-order valence-corrected chi connectivity index (χ2v) is 4.85. The first-order valence-electron chi connectivity index (χ1n) is 6.63. The van der Waals surface area contributed by atoms with E-state index in [0.29, 0.717) is 6.54 Å². The summed E-state index contributed by atoms with van der Waals surface area (Å²) in [5, 5.41) is 9.83. The van der Waals surface area contributed by atoms with Gasteiger partial charge < -0.3 is 15.5 Å². The summed E-state index contributed by atoms with van der Waals surface area (Å²) in [6.07, 6.45) is 3.35. The molecule has 0 aliphatic carbocycles. The van der Waals surface area contributed by atoms with Gasteiger partial charge in [-0.05, 0) is 27.0 Å². The van der Waals surface area contributed by atoms with Crippen LogP contribution in [0.5, 0.6) is 0 Å². The predicted octanol–water partition coefficient (Wildman–Crippen LogP) is -0.373. The smallest absolute Gasteiger partial charge is 0.247 e. The first kappa shape index (κ1) is 16.2. The molecule has 2 atom stereocenters. The molecule has 7 nitrogen and oxygen atoms in total. The number of aromatic nitrogens is 2. The number of carbonyl (C=O) groups excluding carboxylic acids is 2. The van der Waals surface area contributed by atoms with Crippen LogP contribution in [-0.2, 0) is 9.59 Å². The Kier molecular flexibility index (Phi) is 6.17. The van der Waals surface area contributed by atoms with Gasteiger partial charge in [0, 0.05) is 32.0 Å². The Morgan fingerprint density at radius 2 is 2.10 bits per heavy atom. The normalized spacial score (nSPS) is 13.6. The molecule has 0 spiro atoms. The molecule has 0 saturated heterocycles. The fraction of sp³-hybridized carbons (Fsp3) is 0.615. The molecule has 2 N–H and O–H groups in total. The molecule has 112 valence electrons. The van der Waals surface area contributed by atoms with Gasteiger partial charge in [0.1, 0.15) is 6.04 Å². The molecule has 1 aromatic heterocycles. The molecule has 0 saturated carbocycles. The third kappa shape index (κ3) is 4.65. The van der Waals surface area contributed by atoms with Gasteiger partial charge >= 0.3 is 0 Å². The Labute approximate surface area is 119 Å². The minimum absolute atomic E-state index is 0.0425. The van der Waals surface area contributed by atoms with E-state index in [4.69, 9.17) is 0 Å². The van der Waals surface area contributed by atoms with Crippen molar-refractivity contribution < 1.29 is 9.59 Å². The molecule has 20 heavy (non-hydrogen) atoms. The van der Waals surface area contributed by atoms with Crippen molar-refractivity contribution in [3.8, 4) is 0 Å². The van der Waals surface area contributed by atoms with E-state index in [-0.39, 0.29) is 24.4 Å². The van der Waals surface area contributed by atoms with Gasteiger partial charge in [-0.3, -0.25) is 14.3 Å². The number of likely N-dealkylation sites (N-methyl/N-ethyl adjacent to an activating group) is 2. The first-order valence-corrected chi connectivity index (χ1v) is 6.63. The van der Waals surface area contributed by atoms with Crippen LogP contribution in [-0.4, -0.2) is 59.7 Å². The van der Waals surface area contributed by atoms with Gasteiger partial charge in [0.05, 0.1) is 6.54 Å². The number of hydrogen-bond acceptors (Lipinski definition) is 4. The average Bonchev–Trinajstić information content (AvgIpc) is 2.96. The van der Waals surface area contributed by atoms with E-state index in [1.807, 2.05) is 14.0 Å². The summed E-state index contributed by atoms with van der Waals surface area (Å²) in [5.74, 6) is -0.318. The van der Waals surface area contributed by atoms with Gasteiger partial charge in [-0.15, -0.1) is 0 Å². The molecule has 0 fully saturated rings. The van der Waals surface area contributed by atoms with E-state index in [0.717, 1.165) is 0 Å². The van der Waals surface area contributed by atoms with Crippen LogP contribution in [0.3, 0.4) is 0 Å². The summed E-state index contributed by atoms with van der Waals surface area (Å²) in [5.41, 5.74) is 0. The molecule has 0 radical (unpaired) electrons. The van der Waals surface area contributed by atoms with Crippen molar-refractivity contribution in [3.05, 3.63) is 18.5 Å². The fourth-order valence-corrected chi connectivity index (χ4v) is 1.66. The highest BCUT2D eigenvalue weighted by molar-refractivity contribution is 5.86. The number of nitrogens with zero attached hydrogens (tertiary/aromatic N) is 3. The third-order valence-electron chi connectivity index (χ3n) is 3.13. The zero-order chi connectivity index (χ0) is 15.1. The van der Waals surface area contributed by atoms with Crippen molar-refractivity contribution in [2.24, 2.45) is 0 Å². The first-order chi connectivity index (χ1) is 9.45. The Morgan fingerprint density at radius 1 is 1.40 bits per heavy atom. The monoisotopic (exact) mass is 281 g/mol. The SMILES string of the molecule is CNC(C)CNC(=O)CN(C)C(=O)C(C)n1cccn1. The maximum absolute atomic E-state index is 12.1. The van der Waals surface area contributed by atoms with Crippen molar-refractivity contribution >= 4 is 11.8 Å². The van der Waals surface area contributed by atoms with Gasteiger partial charge in [-0.25, -0.2) is 0 Å². The molecule has 7 heteroatoms. The van der Waals surface area contributed by atoms with Gasteiger partial charge in [-0.2, -0.15) is 5.10 Å². The standard InChI is InChI=1S/C13H23N5O2/c1-10(14-3)8-15-12(19)9-17(4)13(20)11(2)18-7-5-6-16-18/h5-7,10-11,14H,8-9H2,1-4H3,(H,15,19). The van der Waals surface area contributed by atoms with Crippen LogP contribution in [0.2, 0.25) is 0 Å². The van der Waals surface area contributed by atoms with Crippen molar-refractivity contribution in [1.82, 2.24) is 25.3 Å². The molecule has 1 aromatic rings. The maximum Gasteiger partial charge on any atom is 0.247 e. The van der Waals surface area contributed by atoms with Crippen molar-refractivity contribution in [3.63, 3.8) is 0 Å². The van der Waals surface area contributed by atoms with Crippen LogP contribution < -0.4 is 10.6 Å². The van der Waals surface area contributed by atoms with Crippen LogP contribution >= 0.6 is 0 Å². The molecular formula is C13H23N5O2. The Balaban J connectivity index is 2.43. The lowest BCUT2D eigenvalue weighted by Gasteiger charge is -2.21.